The highest BCUT2D eigenvalue weighted by molar-refractivity contribution is 5.95. The molecule has 0 atom stereocenters. The average Bonchev–Trinajstić information content (AvgIpc) is 3.15. The summed E-state index contributed by atoms with van der Waals surface area (Å²) in [6, 6.07) is 10.3. The van der Waals surface area contributed by atoms with Crippen molar-refractivity contribution in [3.05, 3.63) is 71.2 Å². The second kappa shape index (κ2) is 8.64. The molecule has 1 amide bonds. The van der Waals surface area contributed by atoms with Gasteiger partial charge in [0.1, 0.15) is 5.82 Å². The number of hydrogen-bond acceptors (Lipinski definition) is 4. The van der Waals surface area contributed by atoms with Crippen molar-refractivity contribution in [2.45, 2.75) is 38.9 Å². The van der Waals surface area contributed by atoms with Gasteiger partial charge in [0, 0.05) is 25.3 Å². The van der Waals surface area contributed by atoms with Crippen molar-refractivity contribution in [3.63, 3.8) is 0 Å². The van der Waals surface area contributed by atoms with Gasteiger partial charge in [-0.1, -0.05) is 18.2 Å². The molecular formula is C23H24F3N5O. The molecule has 0 bridgehead atoms. The summed E-state index contributed by atoms with van der Waals surface area (Å²) in [5.41, 5.74) is 2.53. The molecule has 32 heavy (non-hydrogen) atoms. The second-order valence-corrected chi connectivity index (χ2v) is 7.98. The van der Waals surface area contributed by atoms with Crippen LogP contribution in [0.2, 0.25) is 0 Å². The van der Waals surface area contributed by atoms with Crippen LogP contribution in [0.15, 0.2) is 48.8 Å². The summed E-state index contributed by atoms with van der Waals surface area (Å²) in [5, 5.41) is 7.46. The van der Waals surface area contributed by atoms with Gasteiger partial charge in [-0.15, -0.1) is 0 Å². The summed E-state index contributed by atoms with van der Waals surface area (Å²) in [5.74, 6) is 0.339. The van der Waals surface area contributed by atoms with Crippen molar-refractivity contribution in [2.24, 2.45) is 0 Å². The second-order valence-electron chi connectivity index (χ2n) is 7.98. The Balaban J connectivity index is 1.37. The SMILES string of the molecule is Cc1ccccc1-n1ncc(C(=O)NC2CCN(c3ccc(C(F)(F)F)cn3)CC2)c1C. The maximum absolute atomic E-state index is 12.8. The number of alkyl halides is 3. The highest BCUT2D eigenvalue weighted by atomic mass is 19.4. The number of anilines is 1. The van der Waals surface area contributed by atoms with E-state index in [2.05, 4.69) is 15.4 Å². The predicted octanol–water partition coefficient (Wildman–Crippen LogP) is 4.30. The molecule has 9 heteroatoms. The van der Waals surface area contributed by atoms with E-state index in [0.717, 1.165) is 29.2 Å². The molecule has 1 fully saturated rings. The van der Waals surface area contributed by atoms with Crippen molar-refractivity contribution < 1.29 is 18.0 Å². The number of amides is 1. The smallest absolute Gasteiger partial charge is 0.356 e. The summed E-state index contributed by atoms with van der Waals surface area (Å²) in [6.45, 7) is 5.07. The van der Waals surface area contributed by atoms with Crippen LogP contribution in [0, 0.1) is 13.8 Å². The van der Waals surface area contributed by atoms with Gasteiger partial charge in [-0.2, -0.15) is 18.3 Å². The molecule has 0 spiro atoms. The third-order valence-electron chi connectivity index (χ3n) is 5.83. The van der Waals surface area contributed by atoms with Crippen molar-refractivity contribution in [2.75, 3.05) is 18.0 Å². The maximum Gasteiger partial charge on any atom is 0.417 e. The minimum Gasteiger partial charge on any atom is -0.356 e. The standard InChI is InChI=1S/C23H24F3N5O/c1-15-5-3-4-6-20(15)31-16(2)19(14-28-31)22(32)29-18-9-11-30(12-10-18)21-8-7-17(13-27-21)23(24,25)26/h3-8,13-14,18H,9-12H2,1-2H3,(H,29,32). The quantitative estimate of drug-likeness (QED) is 0.653. The fourth-order valence-electron chi connectivity index (χ4n) is 3.93. The molecule has 1 aromatic carbocycles. The minimum absolute atomic E-state index is 0.0191. The van der Waals surface area contributed by atoms with E-state index in [1.54, 1.807) is 10.9 Å². The molecular weight excluding hydrogens is 419 g/mol. The summed E-state index contributed by atoms with van der Waals surface area (Å²) < 4.78 is 39.9. The van der Waals surface area contributed by atoms with Crippen LogP contribution in [0.1, 0.15) is 40.0 Å². The van der Waals surface area contributed by atoms with Gasteiger partial charge in [-0.05, 0) is 50.5 Å². The number of piperidine rings is 1. The zero-order valence-corrected chi connectivity index (χ0v) is 17.9. The fraction of sp³-hybridized carbons (Fsp3) is 0.348. The van der Waals surface area contributed by atoms with E-state index in [1.165, 1.54) is 6.07 Å². The van der Waals surface area contributed by atoms with E-state index >= 15 is 0 Å². The molecule has 0 saturated carbocycles. The molecule has 1 aliphatic heterocycles. The first-order valence-corrected chi connectivity index (χ1v) is 10.4. The maximum atomic E-state index is 12.8. The zero-order chi connectivity index (χ0) is 22.9. The van der Waals surface area contributed by atoms with Crippen LogP contribution in [0.4, 0.5) is 19.0 Å². The van der Waals surface area contributed by atoms with Crippen LogP contribution in [0.3, 0.4) is 0 Å². The molecule has 0 radical (unpaired) electrons. The lowest BCUT2D eigenvalue weighted by Crippen LogP contribution is -2.45. The molecule has 1 N–H and O–H groups in total. The summed E-state index contributed by atoms with van der Waals surface area (Å²) in [6.07, 6.45) is -0.594. The number of aromatic nitrogens is 3. The van der Waals surface area contributed by atoms with Crippen LogP contribution in [-0.2, 0) is 6.18 Å². The lowest BCUT2D eigenvalue weighted by atomic mass is 10.0. The Morgan fingerprint density at radius 3 is 2.41 bits per heavy atom. The third kappa shape index (κ3) is 4.46. The van der Waals surface area contributed by atoms with E-state index in [4.69, 9.17) is 0 Å². The van der Waals surface area contributed by atoms with Crippen LogP contribution in [0.5, 0.6) is 0 Å². The van der Waals surface area contributed by atoms with Crippen LogP contribution < -0.4 is 10.2 Å². The Bertz CT molecular complexity index is 1100. The number of rotatable bonds is 4. The highest BCUT2D eigenvalue weighted by Crippen LogP contribution is 2.30. The number of aryl methyl sites for hydroxylation is 1. The number of para-hydroxylation sites is 1. The summed E-state index contributed by atoms with van der Waals surface area (Å²) in [7, 11) is 0. The molecule has 3 heterocycles. The van der Waals surface area contributed by atoms with Crippen molar-refractivity contribution >= 4 is 11.7 Å². The molecule has 1 aliphatic rings. The van der Waals surface area contributed by atoms with Crippen LogP contribution in [0.25, 0.3) is 5.69 Å². The predicted molar refractivity (Wildman–Crippen MR) is 115 cm³/mol. The van der Waals surface area contributed by atoms with Crippen molar-refractivity contribution in [3.8, 4) is 5.69 Å². The normalized spacial score (nSPS) is 15.1. The van der Waals surface area contributed by atoms with E-state index in [9.17, 15) is 18.0 Å². The summed E-state index contributed by atoms with van der Waals surface area (Å²) >= 11 is 0. The van der Waals surface area contributed by atoms with Gasteiger partial charge in [0.05, 0.1) is 28.7 Å². The first-order chi connectivity index (χ1) is 15.2. The molecule has 2 aromatic heterocycles. The van der Waals surface area contributed by atoms with Crippen LogP contribution >= 0.6 is 0 Å². The molecule has 3 aromatic rings. The van der Waals surface area contributed by atoms with E-state index in [-0.39, 0.29) is 11.9 Å². The van der Waals surface area contributed by atoms with E-state index in [1.807, 2.05) is 43.0 Å². The zero-order valence-electron chi connectivity index (χ0n) is 17.9. The summed E-state index contributed by atoms with van der Waals surface area (Å²) in [4.78, 5) is 18.7. The number of hydrogen-bond donors (Lipinski definition) is 1. The Kier molecular flexibility index (Phi) is 5.90. The van der Waals surface area contributed by atoms with Crippen LogP contribution in [-0.4, -0.2) is 39.8 Å². The van der Waals surface area contributed by atoms with Gasteiger partial charge in [0.25, 0.3) is 5.91 Å². The lowest BCUT2D eigenvalue weighted by Gasteiger charge is -2.33. The van der Waals surface area contributed by atoms with Gasteiger partial charge in [0.2, 0.25) is 0 Å². The number of benzene rings is 1. The van der Waals surface area contributed by atoms with E-state index < -0.39 is 11.7 Å². The number of carbonyl (C=O) groups is 1. The molecule has 0 aliphatic carbocycles. The molecule has 4 rings (SSSR count). The van der Waals surface area contributed by atoms with Gasteiger partial charge in [-0.25, -0.2) is 9.67 Å². The first-order valence-electron chi connectivity index (χ1n) is 10.4. The average molecular weight is 443 g/mol. The molecule has 168 valence electrons. The van der Waals surface area contributed by atoms with Crippen molar-refractivity contribution in [1.82, 2.24) is 20.1 Å². The molecule has 1 saturated heterocycles. The van der Waals surface area contributed by atoms with Crippen molar-refractivity contribution in [1.29, 1.82) is 0 Å². The highest BCUT2D eigenvalue weighted by Gasteiger charge is 2.31. The monoisotopic (exact) mass is 443 g/mol. The number of carbonyl (C=O) groups excluding carboxylic acids is 1. The molecule has 6 nitrogen and oxygen atoms in total. The van der Waals surface area contributed by atoms with E-state index in [0.29, 0.717) is 37.3 Å². The molecule has 0 unspecified atom stereocenters. The minimum atomic E-state index is -4.39. The Hall–Kier alpha value is -3.36. The largest absolute Gasteiger partial charge is 0.417 e. The Morgan fingerprint density at radius 2 is 1.78 bits per heavy atom. The number of nitrogens with zero attached hydrogens (tertiary/aromatic N) is 4. The number of nitrogens with one attached hydrogen (secondary N) is 1. The fourth-order valence-corrected chi connectivity index (χ4v) is 3.93. The number of halogens is 3. The Morgan fingerprint density at radius 1 is 1.06 bits per heavy atom. The number of pyridine rings is 1. The Labute approximate surface area is 184 Å². The van der Waals surface area contributed by atoms with Gasteiger partial charge in [0.15, 0.2) is 0 Å². The van der Waals surface area contributed by atoms with Gasteiger partial charge < -0.3 is 10.2 Å². The first kappa shape index (κ1) is 21.9. The topological polar surface area (TPSA) is 63.1 Å². The third-order valence-corrected chi connectivity index (χ3v) is 5.83. The van der Waals surface area contributed by atoms with Gasteiger partial charge in [-0.3, -0.25) is 4.79 Å². The lowest BCUT2D eigenvalue weighted by molar-refractivity contribution is -0.137. The van der Waals surface area contributed by atoms with Gasteiger partial charge >= 0.3 is 6.18 Å².